The highest BCUT2D eigenvalue weighted by molar-refractivity contribution is 7.92. The average Bonchev–Trinajstić information content (AvgIpc) is 3.02. The van der Waals surface area contributed by atoms with Gasteiger partial charge in [-0.1, -0.05) is 12.1 Å². The Morgan fingerprint density at radius 3 is 2.54 bits per heavy atom. The number of hydrogen-bond acceptors (Lipinski definition) is 5. The number of ketones is 1. The Morgan fingerprint density at radius 1 is 1.15 bits per heavy atom. The number of benzene rings is 2. The van der Waals surface area contributed by atoms with Gasteiger partial charge in [0, 0.05) is 16.6 Å². The normalized spacial score (nSPS) is 11.8. The fourth-order valence-electron chi connectivity index (χ4n) is 2.47. The smallest absolute Gasteiger partial charge is 0.229 e. The van der Waals surface area contributed by atoms with Crippen molar-refractivity contribution >= 4 is 38.5 Å². The lowest BCUT2D eigenvalue weighted by Crippen LogP contribution is -2.09. The molecule has 0 unspecified atom stereocenters. The van der Waals surface area contributed by atoms with E-state index in [2.05, 4.69) is 4.72 Å². The topological polar surface area (TPSA) is 85.6 Å². The molecule has 1 aromatic heterocycles. The van der Waals surface area contributed by atoms with Crippen LogP contribution in [0.15, 0.2) is 59.0 Å². The molecule has 0 saturated carbocycles. The molecule has 7 heteroatoms. The zero-order valence-electron chi connectivity index (χ0n) is 14.2. The van der Waals surface area contributed by atoms with Crippen molar-refractivity contribution in [3.8, 4) is 5.75 Å². The summed E-state index contributed by atoms with van der Waals surface area (Å²) in [6.45, 7) is 0. The first-order valence-electron chi connectivity index (χ1n) is 7.72. The third kappa shape index (κ3) is 4.12. The highest BCUT2D eigenvalue weighted by atomic mass is 32.2. The van der Waals surface area contributed by atoms with Crippen molar-refractivity contribution in [2.45, 2.75) is 0 Å². The molecule has 26 heavy (non-hydrogen) atoms. The average molecular weight is 371 g/mol. The van der Waals surface area contributed by atoms with Crippen LogP contribution in [-0.4, -0.2) is 27.6 Å². The molecule has 0 amide bonds. The lowest BCUT2D eigenvalue weighted by atomic mass is 10.1. The van der Waals surface area contributed by atoms with Gasteiger partial charge in [0.2, 0.25) is 10.0 Å². The lowest BCUT2D eigenvalue weighted by molar-refractivity contribution is 0.104. The van der Waals surface area contributed by atoms with Crippen LogP contribution in [0.25, 0.3) is 17.0 Å². The number of methoxy groups -OCH3 is 1. The van der Waals surface area contributed by atoms with Gasteiger partial charge < -0.3 is 9.15 Å². The quantitative estimate of drug-likeness (QED) is 0.527. The van der Waals surface area contributed by atoms with Crippen LogP contribution in [0.4, 0.5) is 5.69 Å². The molecule has 6 nitrogen and oxygen atoms in total. The van der Waals surface area contributed by atoms with Crippen LogP contribution in [0, 0.1) is 0 Å². The fraction of sp³-hybridized carbons (Fsp3) is 0.105. The summed E-state index contributed by atoms with van der Waals surface area (Å²) in [5.74, 6) is 0.944. The number of carbonyl (C=O) groups excluding carboxylic acids is 1. The van der Waals surface area contributed by atoms with Gasteiger partial charge in [0.05, 0.1) is 13.4 Å². The van der Waals surface area contributed by atoms with Gasteiger partial charge >= 0.3 is 0 Å². The summed E-state index contributed by atoms with van der Waals surface area (Å²) >= 11 is 0. The summed E-state index contributed by atoms with van der Waals surface area (Å²) in [6, 6.07) is 13.6. The van der Waals surface area contributed by atoms with Crippen molar-refractivity contribution in [2.75, 3.05) is 18.1 Å². The molecular weight excluding hydrogens is 354 g/mol. The van der Waals surface area contributed by atoms with Crippen molar-refractivity contribution in [1.82, 2.24) is 0 Å². The molecule has 0 radical (unpaired) electrons. The number of para-hydroxylation sites is 1. The Labute approximate surface area is 151 Å². The molecule has 134 valence electrons. The summed E-state index contributed by atoms with van der Waals surface area (Å²) in [5, 5.41) is 0.882. The second-order valence-electron chi connectivity index (χ2n) is 5.68. The van der Waals surface area contributed by atoms with Crippen molar-refractivity contribution in [3.05, 3.63) is 65.9 Å². The number of anilines is 1. The van der Waals surface area contributed by atoms with Gasteiger partial charge in [0.25, 0.3) is 0 Å². The third-order valence-electron chi connectivity index (χ3n) is 3.62. The summed E-state index contributed by atoms with van der Waals surface area (Å²) in [7, 11) is -1.78. The maximum atomic E-state index is 12.3. The molecule has 0 aliphatic rings. The van der Waals surface area contributed by atoms with Crippen molar-refractivity contribution in [1.29, 1.82) is 0 Å². The fourth-order valence-corrected chi connectivity index (χ4v) is 3.03. The molecule has 3 rings (SSSR count). The number of carbonyl (C=O) groups is 1. The summed E-state index contributed by atoms with van der Waals surface area (Å²) in [4.78, 5) is 12.3. The van der Waals surface area contributed by atoms with E-state index in [0.717, 1.165) is 11.6 Å². The molecule has 0 aliphatic carbocycles. The number of hydrogen-bond donors (Lipinski definition) is 1. The molecule has 0 atom stereocenters. The number of allylic oxidation sites excluding steroid dienone is 1. The number of furan rings is 1. The first kappa shape index (κ1) is 17.8. The molecule has 0 saturated heterocycles. The van der Waals surface area contributed by atoms with E-state index in [4.69, 9.17) is 9.15 Å². The molecule has 0 fully saturated rings. The first-order chi connectivity index (χ1) is 12.4. The van der Waals surface area contributed by atoms with E-state index < -0.39 is 10.0 Å². The Kier molecular flexibility index (Phi) is 4.81. The van der Waals surface area contributed by atoms with E-state index in [1.54, 1.807) is 31.4 Å². The zero-order chi connectivity index (χ0) is 18.7. The number of rotatable bonds is 6. The number of fused-ring (bicyclic) bond motifs is 1. The van der Waals surface area contributed by atoms with Crippen LogP contribution in [0.3, 0.4) is 0 Å². The minimum absolute atomic E-state index is 0.219. The second-order valence-corrected chi connectivity index (χ2v) is 7.43. The zero-order valence-corrected chi connectivity index (χ0v) is 15.0. The summed E-state index contributed by atoms with van der Waals surface area (Å²) < 4.78 is 35.7. The van der Waals surface area contributed by atoms with Crippen LogP contribution in [0.1, 0.15) is 16.1 Å². The van der Waals surface area contributed by atoms with Crippen molar-refractivity contribution in [2.24, 2.45) is 0 Å². The van der Waals surface area contributed by atoms with Gasteiger partial charge in [-0.3, -0.25) is 9.52 Å². The van der Waals surface area contributed by atoms with Crippen molar-refractivity contribution < 1.29 is 22.4 Å². The minimum Gasteiger partial charge on any atom is -0.493 e. The first-order valence-corrected chi connectivity index (χ1v) is 9.62. The molecule has 0 spiro atoms. The van der Waals surface area contributed by atoms with Crippen LogP contribution < -0.4 is 9.46 Å². The maximum absolute atomic E-state index is 12.3. The van der Waals surface area contributed by atoms with Gasteiger partial charge in [-0.15, -0.1) is 0 Å². The van der Waals surface area contributed by atoms with E-state index in [9.17, 15) is 13.2 Å². The molecule has 1 N–H and O–H groups in total. The van der Waals surface area contributed by atoms with E-state index in [0.29, 0.717) is 28.3 Å². The molecule has 2 aromatic carbocycles. The van der Waals surface area contributed by atoms with E-state index in [1.165, 1.54) is 18.2 Å². The molecule has 0 bridgehead atoms. The van der Waals surface area contributed by atoms with Gasteiger partial charge in [-0.2, -0.15) is 0 Å². The van der Waals surface area contributed by atoms with E-state index in [1.807, 2.05) is 18.2 Å². The molecule has 3 aromatic rings. The number of sulfonamides is 1. The monoisotopic (exact) mass is 371 g/mol. The Bertz CT molecular complexity index is 1080. The third-order valence-corrected chi connectivity index (χ3v) is 4.23. The number of ether oxygens (including phenoxy) is 1. The van der Waals surface area contributed by atoms with Gasteiger partial charge in [-0.05, 0) is 48.6 Å². The predicted molar refractivity (Wildman–Crippen MR) is 101 cm³/mol. The summed E-state index contributed by atoms with van der Waals surface area (Å²) in [5.41, 5.74) is 1.46. The SMILES string of the molecule is COc1cccc2cc(/C=C/C(=O)c3ccc(NS(C)(=O)=O)cc3)oc12. The van der Waals surface area contributed by atoms with E-state index in [-0.39, 0.29) is 5.78 Å². The highest BCUT2D eigenvalue weighted by Crippen LogP contribution is 2.29. The van der Waals surface area contributed by atoms with Crippen LogP contribution in [0.5, 0.6) is 5.75 Å². The Morgan fingerprint density at radius 2 is 1.88 bits per heavy atom. The molecule has 1 heterocycles. The van der Waals surface area contributed by atoms with Crippen LogP contribution in [-0.2, 0) is 10.0 Å². The van der Waals surface area contributed by atoms with Crippen LogP contribution >= 0.6 is 0 Å². The predicted octanol–water partition coefficient (Wildman–Crippen LogP) is 3.71. The number of nitrogens with one attached hydrogen (secondary N) is 1. The second kappa shape index (κ2) is 7.05. The summed E-state index contributed by atoms with van der Waals surface area (Å²) in [6.07, 6.45) is 4.06. The van der Waals surface area contributed by atoms with Gasteiger partial charge in [0.15, 0.2) is 17.1 Å². The van der Waals surface area contributed by atoms with Crippen LogP contribution in [0.2, 0.25) is 0 Å². The maximum Gasteiger partial charge on any atom is 0.229 e. The minimum atomic E-state index is -3.35. The molecule has 0 aliphatic heterocycles. The molecular formula is C19H17NO5S. The Hall–Kier alpha value is -3.06. The standard InChI is InChI=1S/C19H17NO5S/c1-24-18-5-3-4-14-12-16(25-19(14)18)10-11-17(21)13-6-8-15(9-7-13)20-26(2,22)23/h3-12,20H,1-2H3/b11-10+. The largest absolute Gasteiger partial charge is 0.493 e. The van der Waals surface area contributed by atoms with Gasteiger partial charge in [0.1, 0.15) is 5.76 Å². The van der Waals surface area contributed by atoms with E-state index >= 15 is 0 Å². The lowest BCUT2D eigenvalue weighted by Gasteiger charge is -2.03. The highest BCUT2D eigenvalue weighted by Gasteiger charge is 2.08. The van der Waals surface area contributed by atoms with Crippen molar-refractivity contribution in [3.63, 3.8) is 0 Å². The van der Waals surface area contributed by atoms with Gasteiger partial charge in [-0.25, -0.2) is 8.42 Å². The Balaban J connectivity index is 1.77.